The Morgan fingerprint density at radius 1 is 0.306 bits per heavy atom. The van der Waals surface area contributed by atoms with E-state index in [1.807, 2.05) is 121 Å². The van der Waals surface area contributed by atoms with Crippen LogP contribution >= 0.6 is 69.6 Å². The number of imide groups is 2. The Hall–Kier alpha value is -8.06. The summed E-state index contributed by atoms with van der Waals surface area (Å²) >= 11 is 28.8. The molecule has 2 aliphatic heterocycles. The molecule has 0 aromatic heterocycles. The molecule has 0 spiro atoms. The minimum atomic E-state index is -0.750. The fourth-order valence-electron chi connectivity index (χ4n) is 12.7. The van der Waals surface area contributed by atoms with Crippen LogP contribution in [0.5, 0.6) is 23.0 Å². The summed E-state index contributed by atoms with van der Waals surface area (Å²) in [5.74, 6) is 0.797. The van der Waals surface area contributed by atoms with Crippen LogP contribution in [0.3, 0.4) is 0 Å². The fraction of sp³-hybridized carbons (Fsp3) is 0.130. The number of hydrogen-bond acceptors (Lipinski definition) is 8. The van der Waals surface area contributed by atoms with Crippen LogP contribution in [0.4, 0.5) is 0 Å². The van der Waals surface area contributed by atoms with Gasteiger partial charge in [0.05, 0.1) is 50.7 Å². The first-order chi connectivity index (χ1) is 41.2. The normalized spacial score (nSPS) is 13.0. The van der Waals surface area contributed by atoms with Gasteiger partial charge in [0.25, 0.3) is 23.6 Å². The van der Waals surface area contributed by atoms with Crippen LogP contribution in [0.2, 0.25) is 0 Å². The number of carbonyl (C=O) groups excluding carboxylic acids is 4. The van der Waals surface area contributed by atoms with Gasteiger partial charge >= 0.3 is 0 Å². The summed E-state index contributed by atoms with van der Waals surface area (Å²) in [6.07, 6.45) is 0.117. The quantitative estimate of drug-likeness (QED) is 0.0878. The number of benzene rings is 10. The highest BCUT2D eigenvalue weighted by atomic mass is 35.6. The van der Waals surface area contributed by atoms with Crippen LogP contribution in [0, 0.1) is 0 Å². The van der Waals surface area contributed by atoms with Gasteiger partial charge in [-0.2, -0.15) is 0 Å². The second-order valence-electron chi connectivity index (χ2n) is 20.2. The molecule has 2 aliphatic carbocycles. The third kappa shape index (κ3) is 9.79. The first-order valence-electron chi connectivity index (χ1n) is 26.9. The average molecular weight is 1250 g/mol. The molecular weight excluding hydrogens is 1200 g/mol. The van der Waals surface area contributed by atoms with E-state index < -0.39 is 32.2 Å². The largest absolute Gasteiger partial charge is 0.497 e. The van der Waals surface area contributed by atoms with E-state index in [1.165, 1.54) is 9.80 Å². The smallest absolute Gasteiger partial charge is 0.262 e. The maximum absolute atomic E-state index is 15.5. The van der Waals surface area contributed by atoms with E-state index in [9.17, 15) is 0 Å². The van der Waals surface area contributed by atoms with Gasteiger partial charge in [0.1, 0.15) is 23.0 Å². The number of fused-ring (bicyclic) bond motifs is 8. The van der Waals surface area contributed by atoms with Crippen molar-refractivity contribution >= 4 is 115 Å². The van der Waals surface area contributed by atoms with Crippen molar-refractivity contribution in [3.8, 4) is 112 Å². The van der Waals surface area contributed by atoms with E-state index in [1.54, 1.807) is 28.4 Å². The lowest BCUT2D eigenvalue weighted by molar-refractivity contribution is 0.0627. The van der Waals surface area contributed by atoms with Gasteiger partial charge < -0.3 is 18.9 Å². The number of amides is 4. The molecule has 0 fully saturated rings. The Bertz CT molecular complexity index is 3840. The molecular formula is C69H48Cl6N2O8. The highest BCUT2D eigenvalue weighted by molar-refractivity contribution is 6.63. The highest BCUT2D eigenvalue weighted by Crippen LogP contribution is 2.60. The molecule has 0 bridgehead atoms. The van der Waals surface area contributed by atoms with Crippen molar-refractivity contribution in [1.82, 2.24) is 9.80 Å². The predicted octanol–water partition coefficient (Wildman–Crippen LogP) is 18.2. The van der Waals surface area contributed by atoms with Crippen LogP contribution in [-0.4, -0.2) is 83.5 Å². The van der Waals surface area contributed by atoms with Crippen LogP contribution in [-0.2, 0) is 0 Å². The van der Waals surface area contributed by atoms with Gasteiger partial charge in [0.2, 0.25) is 0 Å². The van der Waals surface area contributed by atoms with Crippen molar-refractivity contribution in [3.63, 3.8) is 0 Å². The van der Waals surface area contributed by atoms with E-state index in [0.29, 0.717) is 67.5 Å². The van der Waals surface area contributed by atoms with Gasteiger partial charge in [-0.05, 0) is 143 Å². The van der Waals surface area contributed by atoms with Crippen molar-refractivity contribution in [2.75, 3.05) is 41.5 Å². The van der Waals surface area contributed by atoms with E-state index in [0.717, 1.165) is 88.3 Å². The molecule has 0 atom stereocenters. The number of hydrogen-bond donors (Lipinski definition) is 0. The van der Waals surface area contributed by atoms with Crippen molar-refractivity contribution in [2.24, 2.45) is 0 Å². The molecule has 10 aromatic carbocycles. The molecule has 4 amide bonds. The molecule has 4 aliphatic rings. The maximum Gasteiger partial charge on any atom is 0.262 e. The topological polar surface area (TPSA) is 112 Å². The number of rotatable bonds is 12. The number of methoxy groups -OCH3 is 4. The summed E-state index contributed by atoms with van der Waals surface area (Å²) in [5, 5.41) is 4.19. The minimum absolute atomic E-state index is 0.0662. The summed E-state index contributed by atoms with van der Waals surface area (Å²) in [6, 6.07) is 55.2. The summed E-state index contributed by atoms with van der Waals surface area (Å²) in [4.78, 5) is 64.7. The molecule has 0 saturated heterocycles. The van der Waals surface area contributed by atoms with E-state index in [2.05, 4.69) is 48.5 Å². The molecule has 10 nitrogen and oxygen atoms in total. The lowest BCUT2D eigenvalue weighted by Crippen LogP contribution is -2.36. The van der Waals surface area contributed by atoms with E-state index >= 15 is 19.2 Å². The van der Waals surface area contributed by atoms with Crippen molar-refractivity contribution < 1.29 is 38.1 Å². The molecule has 0 N–H and O–H groups in total. The first kappa shape index (κ1) is 57.4. The standard InChI is InChI=1S/C67H46N2O8.2CHCl3/c1-74-42-26-18-38(19-27-42)52-56-46-14-5-10-36-11-6-15-47(50(36)46)57(56)53(39-20-28-43(75-2)29-21-39)61-60(52)64(70)68(65(61)71)34-9-35-69-66(72)62-54(40-22-30-44(76-3)31-23-40)58-48-16-7-12-37-13-8-17-49(51(37)48)59(58)55(63(62)67(69)73)41-24-32-45(77-4)33-25-41;2*2-1(3)4/h5-8,10-33H,9,34-35H2,1-4H3;2*1H. The van der Waals surface area contributed by atoms with Crippen LogP contribution in [0.1, 0.15) is 47.9 Å². The van der Waals surface area contributed by atoms with E-state index in [4.69, 9.17) is 88.6 Å². The van der Waals surface area contributed by atoms with Crippen LogP contribution < -0.4 is 18.9 Å². The summed E-state index contributed by atoms with van der Waals surface area (Å²) in [5.41, 5.74) is 14.2. The maximum atomic E-state index is 15.5. The Labute approximate surface area is 519 Å². The first-order valence-corrected chi connectivity index (χ1v) is 29.5. The average Bonchev–Trinajstić information content (AvgIpc) is 1.65. The van der Waals surface area contributed by atoms with Crippen LogP contribution in [0.25, 0.3) is 111 Å². The molecule has 85 heavy (non-hydrogen) atoms. The monoisotopic (exact) mass is 1240 g/mol. The molecule has 16 heteroatoms. The Morgan fingerprint density at radius 3 is 0.718 bits per heavy atom. The molecule has 0 unspecified atom stereocenters. The molecule has 14 rings (SSSR count). The van der Waals surface area contributed by atoms with Gasteiger partial charge in [0.15, 0.2) is 8.59 Å². The molecule has 0 radical (unpaired) electrons. The third-order valence-corrected chi connectivity index (χ3v) is 16.0. The summed E-state index contributed by atoms with van der Waals surface area (Å²) < 4.78 is 20.8. The molecule has 424 valence electrons. The zero-order chi connectivity index (χ0) is 59.5. The second kappa shape index (κ2) is 23.4. The van der Waals surface area contributed by atoms with Crippen molar-refractivity contribution in [3.05, 3.63) is 192 Å². The van der Waals surface area contributed by atoms with Crippen molar-refractivity contribution in [2.45, 2.75) is 15.0 Å². The van der Waals surface area contributed by atoms with E-state index in [-0.39, 0.29) is 19.5 Å². The second-order valence-corrected chi connectivity index (χ2v) is 24.2. The highest BCUT2D eigenvalue weighted by Gasteiger charge is 2.47. The molecule has 0 saturated carbocycles. The molecule has 10 aromatic rings. The Balaban J connectivity index is 0.000000836. The Morgan fingerprint density at radius 2 is 0.518 bits per heavy atom. The van der Waals surface area contributed by atoms with Gasteiger partial charge in [-0.3, -0.25) is 29.0 Å². The molecule has 2 heterocycles. The lowest BCUT2D eigenvalue weighted by Gasteiger charge is -2.20. The number of alkyl halides is 6. The number of carbonyl (C=O) groups is 4. The zero-order valence-electron chi connectivity index (χ0n) is 45.9. The van der Waals surface area contributed by atoms with Crippen molar-refractivity contribution in [1.29, 1.82) is 0 Å². The number of ether oxygens (including phenoxy) is 4. The van der Waals surface area contributed by atoms with Gasteiger partial charge in [-0.1, -0.05) is 191 Å². The number of halogens is 6. The zero-order valence-corrected chi connectivity index (χ0v) is 50.4. The fourth-order valence-corrected chi connectivity index (χ4v) is 12.7. The van der Waals surface area contributed by atoms with Gasteiger partial charge in [0, 0.05) is 35.3 Å². The predicted molar refractivity (Wildman–Crippen MR) is 343 cm³/mol. The van der Waals surface area contributed by atoms with Gasteiger partial charge in [-0.25, -0.2) is 0 Å². The summed E-state index contributed by atoms with van der Waals surface area (Å²) in [7, 11) is 6.44. The Kier molecular flexibility index (Phi) is 15.8. The van der Waals surface area contributed by atoms with Crippen LogP contribution in [0.15, 0.2) is 170 Å². The third-order valence-electron chi connectivity index (χ3n) is 16.0. The van der Waals surface area contributed by atoms with Gasteiger partial charge in [-0.15, -0.1) is 0 Å². The lowest BCUT2D eigenvalue weighted by atomic mass is 9.81. The number of nitrogens with zero attached hydrogens (tertiary/aromatic N) is 2. The minimum Gasteiger partial charge on any atom is -0.497 e. The SMILES string of the molecule is COc1ccc(-c2c3c(c(-c4ccc(OC)cc4)c4c2-c2cccc5cccc-4c25)C(=O)N(CCCN2C(=O)c4c(c(-c5ccc(OC)cc5)c5c(c4-c4ccc(OC)cc4)-c4cccc6cccc-5c46)C2=O)C3=O)cc1.ClC(Cl)Cl.ClC(Cl)Cl. The summed E-state index contributed by atoms with van der Waals surface area (Å²) in [6.45, 7) is -0.132.